The number of amides is 1. The molecule has 92 valence electrons. The summed E-state index contributed by atoms with van der Waals surface area (Å²) in [7, 11) is 0. The lowest BCUT2D eigenvalue weighted by Gasteiger charge is -2.30. The van der Waals surface area contributed by atoms with Crippen LogP contribution in [0.5, 0.6) is 0 Å². The zero-order chi connectivity index (χ0) is 11.8. The van der Waals surface area contributed by atoms with Crippen LogP contribution in [-0.2, 0) is 4.79 Å². The molecule has 2 aliphatic rings. The van der Waals surface area contributed by atoms with Crippen molar-refractivity contribution >= 4 is 5.91 Å². The highest BCUT2D eigenvalue weighted by Crippen LogP contribution is 2.37. The van der Waals surface area contributed by atoms with Gasteiger partial charge < -0.3 is 11.1 Å². The molecule has 1 amide bonds. The Hall–Kier alpha value is -0.610. The number of carbonyl (C=O) groups excluding carboxylic acids is 1. The number of hydrogen-bond donors (Lipinski definition) is 2. The van der Waals surface area contributed by atoms with Crippen molar-refractivity contribution in [2.45, 2.75) is 32.7 Å². The van der Waals surface area contributed by atoms with Gasteiger partial charge in [-0.25, -0.2) is 0 Å². The molecule has 0 radical (unpaired) electrons. The number of carbonyl (C=O) groups is 1. The third kappa shape index (κ3) is 2.09. The van der Waals surface area contributed by atoms with Gasteiger partial charge in [-0.1, -0.05) is 13.8 Å². The van der Waals surface area contributed by atoms with Gasteiger partial charge in [0.1, 0.15) is 0 Å². The van der Waals surface area contributed by atoms with Gasteiger partial charge in [0, 0.05) is 13.1 Å². The SMILES string of the molecule is CC(C)[C@@H](C(N)=O)N1CC[C@]2(CCNC2)C1. The predicted octanol–water partition coefficient (Wildman–Crippen LogP) is 0.182. The van der Waals surface area contributed by atoms with Crippen LogP contribution in [0.2, 0.25) is 0 Å². The van der Waals surface area contributed by atoms with Gasteiger partial charge in [0.25, 0.3) is 0 Å². The minimum absolute atomic E-state index is 0.0834. The van der Waals surface area contributed by atoms with E-state index in [0.717, 1.165) is 26.2 Å². The minimum Gasteiger partial charge on any atom is -0.368 e. The molecule has 2 heterocycles. The molecule has 0 aromatic heterocycles. The van der Waals surface area contributed by atoms with Crippen molar-refractivity contribution in [3.63, 3.8) is 0 Å². The fourth-order valence-electron chi connectivity index (χ4n) is 3.28. The number of nitrogens with zero attached hydrogens (tertiary/aromatic N) is 1. The zero-order valence-electron chi connectivity index (χ0n) is 10.3. The number of rotatable bonds is 3. The van der Waals surface area contributed by atoms with Crippen molar-refractivity contribution in [2.24, 2.45) is 17.1 Å². The van der Waals surface area contributed by atoms with Gasteiger partial charge in [-0.2, -0.15) is 0 Å². The van der Waals surface area contributed by atoms with E-state index in [9.17, 15) is 4.79 Å². The van der Waals surface area contributed by atoms with E-state index in [2.05, 4.69) is 24.1 Å². The third-order valence-corrected chi connectivity index (χ3v) is 4.12. The number of nitrogens with two attached hydrogens (primary N) is 1. The van der Waals surface area contributed by atoms with Gasteiger partial charge in [-0.3, -0.25) is 9.69 Å². The van der Waals surface area contributed by atoms with E-state index in [1.54, 1.807) is 0 Å². The average molecular weight is 225 g/mol. The summed E-state index contributed by atoms with van der Waals surface area (Å²) >= 11 is 0. The number of hydrogen-bond acceptors (Lipinski definition) is 3. The van der Waals surface area contributed by atoms with Gasteiger partial charge >= 0.3 is 0 Å². The fourth-order valence-corrected chi connectivity index (χ4v) is 3.28. The maximum absolute atomic E-state index is 11.5. The van der Waals surface area contributed by atoms with Gasteiger partial charge in [-0.15, -0.1) is 0 Å². The first-order valence-corrected chi connectivity index (χ1v) is 6.28. The summed E-state index contributed by atoms with van der Waals surface area (Å²) in [6.45, 7) is 8.43. The quantitative estimate of drug-likeness (QED) is 0.720. The Kier molecular flexibility index (Phi) is 3.22. The molecule has 0 aliphatic carbocycles. The molecule has 3 N–H and O–H groups in total. The molecule has 4 nitrogen and oxygen atoms in total. The summed E-state index contributed by atoms with van der Waals surface area (Å²) in [5.41, 5.74) is 5.93. The largest absolute Gasteiger partial charge is 0.368 e. The number of primary amides is 1. The first kappa shape index (κ1) is 11.9. The molecule has 0 aromatic carbocycles. The summed E-state index contributed by atoms with van der Waals surface area (Å²) in [5.74, 6) is 0.139. The molecule has 0 saturated carbocycles. The molecule has 2 fully saturated rings. The van der Waals surface area contributed by atoms with Crippen LogP contribution >= 0.6 is 0 Å². The van der Waals surface area contributed by atoms with E-state index in [0.29, 0.717) is 11.3 Å². The monoisotopic (exact) mass is 225 g/mol. The van der Waals surface area contributed by atoms with Crippen molar-refractivity contribution in [3.8, 4) is 0 Å². The molecule has 2 rings (SSSR count). The summed E-state index contributed by atoms with van der Waals surface area (Å²) in [6.07, 6.45) is 2.45. The Morgan fingerprint density at radius 3 is 2.69 bits per heavy atom. The predicted molar refractivity (Wildman–Crippen MR) is 63.9 cm³/mol. The maximum atomic E-state index is 11.5. The maximum Gasteiger partial charge on any atom is 0.235 e. The first-order chi connectivity index (χ1) is 7.54. The van der Waals surface area contributed by atoms with Crippen LogP contribution in [-0.4, -0.2) is 43.0 Å². The smallest absolute Gasteiger partial charge is 0.235 e. The summed E-state index contributed by atoms with van der Waals surface area (Å²) in [6, 6.07) is -0.0834. The molecule has 2 saturated heterocycles. The molecular weight excluding hydrogens is 202 g/mol. The fraction of sp³-hybridized carbons (Fsp3) is 0.917. The zero-order valence-corrected chi connectivity index (χ0v) is 10.3. The van der Waals surface area contributed by atoms with E-state index in [4.69, 9.17) is 5.73 Å². The van der Waals surface area contributed by atoms with Gasteiger partial charge in [0.15, 0.2) is 0 Å². The van der Waals surface area contributed by atoms with E-state index in [1.807, 2.05) is 0 Å². The topological polar surface area (TPSA) is 58.4 Å². The van der Waals surface area contributed by atoms with Gasteiger partial charge in [-0.05, 0) is 37.3 Å². The van der Waals surface area contributed by atoms with Crippen molar-refractivity contribution in [3.05, 3.63) is 0 Å². The molecule has 0 bridgehead atoms. The normalized spacial score (nSPS) is 32.7. The van der Waals surface area contributed by atoms with Crippen molar-refractivity contribution in [1.29, 1.82) is 0 Å². The minimum atomic E-state index is -0.169. The van der Waals surface area contributed by atoms with Crippen molar-refractivity contribution in [2.75, 3.05) is 26.2 Å². The highest BCUT2D eigenvalue weighted by atomic mass is 16.1. The Morgan fingerprint density at radius 1 is 1.44 bits per heavy atom. The van der Waals surface area contributed by atoms with E-state index in [1.165, 1.54) is 12.8 Å². The second kappa shape index (κ2) is 4.34. The van der Waals surface area contributed by atoms with Crippen molar-refractivity contribution < 1.29 is 4.79 Å². The van der Waals surface area contributed by atoms with Crippen LogP contribution in [0.3, 0.4) is 0 Å². The number of likely N-dealkylation sites (tertiary alicyclic amines) is 1. The number of nitrogens with one attached hydrogen (secondary N) is 1. The van der Waals surface area contributed by atoms with Crippen LogP contribution < -0.4 is 11.1 Å². The second-order valence-corrected chi connectivity index (χ2v) is 5.74. The van der Waals surface area contributed by atoms with Crippen LogP contribution in [0.4, 0.5) is 0 Å². The molecule has 2 atom stereocenters. The lowest BCUT2D eigenvalue weighted by molar-refractivity contribution is -0.124. The van der Waals surface area contributed by atoms with Crippen LogP contribution in [0.15, 0.2) is 0 Å². The summed E-state index contributed by atoms with van der Waals surface area (Å²) in [4.78, 5) is 13.8. The lowest BCUT2D eigenvalue weighted by Crippen LogP contribution is -2.47. The molecule has 16 heavy (non-hydrogen) atoms. The highest BCUT2D eigenvalue weighted by Gasteiger charge is 2.43. The molecule has 0 aromatic rings. The first-order valence-electron chi connectivity index (χ1n) is 6.28. The van der Waals surface area contributed by atoms with E-state index >= 15 is 0 Å². The third-order valence-electron chi connectivity index (χ3n) is 4.12. The molecule has 2 aliphatic heterocycles. The lowest BCUT2D eigenvalue weighted by atomic mass is 9.86. The van der Waals surface area contributed by atoms with E-state index < -0.39 is 0 Å². The van der Waals surface area contributed by atoms with Crippen molar-refractivity contribution in [1.82, 2.24) is 10.2 Å². The average Bonchev–Trinajstić information content (AvgIpc) is 2.77. The van der Waals surface area contributed by atoms with Crippen LogP contribution in [0.1, 0.15) is 26.7 Å². The van der Waals surface area contributed by atoms with Gasteiger partial charge in [0.2, 0.25) is 5.91 Å². The Labute approximate surface area is 97.6 Å². The molecule has 0 unspecified atom stereocenters. The Bertz CT molecular complexity index is 271. The molecule has 1 spiro atoms. The second-order valence-electron chi connectivity index (χ2n) is 5.74. The highest BCUT2D eigenvalue weighted by molar-refractivity contribution is 5.80. The standard InChI is InChI=1S/C12H23N3O/c1-9(2)10(11(13)16)15-6-4-12(8-15)3-5-14-7-12/h9-10,14H,3-8H2,1-2H3,(H2,13,16)/t10-,12-/m0/s1. The molecule has 4 heteroatoms. The Balaban J connectivity index is 2.03. The van der Waals surface area contributed by atoms with E-state index in [-0.39, 0.29) is 11.9 Å². The van der Waals surface area contributed by atoms with Crippen LogP contribution in [0, 0.1) is 11.3 Å². The van der Waals surface area contributed by atoms with Gasteiger partial charge in [0.05, 0.1) is 6.04 Å². The summed E-state index contributed by atoms with van der Waals surface area (Å²) in [5, 5.41) is 3.43. The molecular formula is C12H23N3O. The Morgan fingerprint density at radius 2 is 2.19 bits per heavy atom. The summed E-state index contributed by atoms with van der Waals surface area (Å²) < 4.78 is 0. The van der Waals surface area contributed by atoms with Crippen LogP contribution in [0.25, 0.3) is 0 Å².